The molecule has 21 heavy (non-hydrogen) atoms. The van der Waals surface area contributed by atoms with Crippen LogP contribution in [0.4, 0.5) is 10.5 Å². The monoisotopic (exact) mass is 330 g/mol. The van der Waals surface area contributed by atoms with Crippen LogP contribution in [0.15, 0.2) is 23.4 Å². The molecule has 2 amide bonds. The molecule has 0 bridgehead atoms. The predicted molar refractivity (Wildman–Crippen MR) is 83.2 cm³/mol. The quantitative estimate of drug-likeness (QED) is 0.337. The second kappa shape index (κ2) is 6.87. The zero-order valence-electron chi connectivity index (χ0n) is 11.2. The summed E-state index contributed by atoms with van der Waals surface area (Å²) in [5, 5.41) is 15.4. The van der Waals surface area contributed by atoms with E-state index in [1.807, 2.05) is 0 Å². The minimum atomic E-state index is -0.216. The summed E-state index contributed by atoms with van der Waals surface area (Å²) in [7, 11) is 0. The lowest BCUT2D eigenvalue weighted by Crippen LogP contribution is -2.43. The molecule has 0 unspecified atom stereocenters. The summed E-state index contributed by atoms with van der Waals surface area (Å²) in [4.78, 5) is 13.8. The Balaban J connectivity index is 1.93. The van der Waals surface area contributed by atoms with Crippen LogP contribution in [0.3, 0.4) is 0 Å². The Bertz CT molecular complexity index is 537. The fourth-order valence-corrected chi connectivity index (χ4v) is 2.81. The highest BCUT2D eigenvalue weighted by Crippen LogP contribution is 2.23. The van der Waals surface area contributed by atoms with Gasteiger partial charge >= 0.3 is 6.03 Å². The Kier molecular flexibility index (Phi) is 5.14. The number of urea groups is 1. The Morgan fingerprint density at radius 2 is 1.86 bits per heavy atom. The Hall–Kier alpha value is -1.66. The van der Waals surface area contributed by atoms with Crippen molar-refractivity contribution in [3.63, 3.8) is 0 Å². The molecule has 0 aromatic heterocycles. The summed E-state index contributed by atoms with van der Waals surface area (Å²) in [6, 6.07) is 4.65. The van der Waals surface area contributed by atoms with Crippen molar-refractivity contribution >= 4 is 40.8 Å². The molecule has 1 aromatic rings. The van der Waals surface area contributed by atoms with Gasteiger partial charge in [-0.15, -0.1) is 0 Å². The molecule has 1 heterocycles. The van der Waals surface area contributed by atoms with Gasteiger partial charge in [-0.2, -0.15) is 0 Å². The average molecular weight is 331 g/mol. The van der Waals surface area contributed by atoms with Crippen LogP contribution in [-0.4, -0.2) is 35.1 Å². The molecule has 114 valence electrons. The van der Waals surface area contributed by atoms with E-state index in [9.17, 15) is 4.79 Å². The highest BCUT2D eigenvalue weighted by molar-refractivity contribution is 6.35. The first-order valence-electron chi connectivity index (χ1n) is 6.49. The summed E-state index contributed by atoms with van der Waals surface area (Å²) in [6.45, 7) is 1.09. The largest absolute Gasteiger partial charge is 0.409 e. The van der Waals surface area contributed by atoms with Crippen LogP contribution >= 0.6 is 23.2 Å². The zero-order chi connectivity index (χ0) is 15.4. The standard InChI is InChI=1S/C13H16Cl2N4O2/c14-9-5-10(15)7-11(6-9)17-13(20)19-3-1-8(2-4-19)12(16)18-21/h5-8,21H,1-4H2,(H2,16,18)(H,17,20). The zero-order valence-corrected chi connectivity index (χ0v) is 12.7. The Morgan fingerprint density at radius 1 is 1.29 bits per heavy atom. The van der Waals surface area contributed by atoms with Crippen LogP contribution < -0.4 is 11.1 Å². The molecule has 6 nitrogen and oxygen atoms in total. The molecule has 1 fully saturated rings. The summed E-state index contributed by atoms with van der Waals surface area (Å²) in [6.07, 6.45) is 1.33. The van der Waals surface area contributed by atoms with Gasteiger partial charge in [-0.25, -0.2) is 4.79 Å². The van der Waals surface area contributed by atoms with Crippen LogP contribution in [-0.2, 0) is 0 Å². The number of likely N-dealkylation sites (tertiary alicyclic amines) is 1. The second-order valence-corrected chi connectivity index (χ2v) is 5.75. The molecule has 1 aromatic carbocycles. The molecular weight excluding hydrogens is 315 g/mol. The minimum absolute atomic E-state index is 0.0136. The third kappa shape index (κ3) is 4.15. The molecular formula is C13H16Cl2N4O2. The number of anilines is 1. The molecule has 0 atom stereocenters. The molecule has 0 aliphatic carbocycles. The van der Waals surface area contributed by atoms with Crippen molar-refractivity contribution < 1.29 is 10.0 Å². The predicted octanol–water partition coefficient (Wildman–Crippen LogP) is 2.98. The van der Waals surface area contributed by atoms with Crippen LogP contribution in [0.5, 0.6) is 0 Å². The lowest BCUT2D eigenvalue weighted by Gasteiger charge is -2.31. The number of nitrogens with one attached hydrogen (secondary N) is 1. The number of nitrogens with two attached hydrogens (primary N) is 1. The van der Waals surface area contributed by atoms with Crippen LogP contribution in [0, 0.1) is 5.92 Å². The maximum Gasteiger partial charge on any atom is 0.321 e. The van der Waals surface area contributed by atoms with E-state index in [-0.39, 0.29) is 17.8 Å². The van der Waals surface area contributed by atoms with Gasteiger partial charge in [0.15, 0.2) is 0 Å². The van der Waals surface area contributed by atoms with Gasteiger partial charge < -0.3 is 21.2 Å². The first-order valence-corrected chi connectivity index (χ1v) is 7.24. The number of amides is 2. The lowest BCUT2D eigenvalue weighted by molar-refractivity contribution is 0.192. The van der Waals surface area contributed by atoms with Gasteiger partial charge in [-0.05, 0) is 31.0 Å². The second-order valence-electron chi connectivity index (χ2n) is 4.87. The molecule has 1 saturated heterocycles. The number of carbonyl (C=O) groups excluding carboxylic acids is 1. The molecule has 0 spiro atoms. The van der Waals surface area contributed by atoms with E-state index in [0.717, 1.165) is 0 Å². The molecule has 0 radical (unpaired) electrons. The average Bonchev–Trinajstić information content (AvgIpc) is 2.45. The van der Waals surface area contributed by atoms with Crippen molar-refractivity contribution in [3.05, 3.63) is 28.2 Å². The SMILES string of the molecule is N/C(=N/O)C1CCN(C(=O)Nc2cc(Cl)cc(Cl)c2)CC1. The lowest BCUT2D eigenvalue weighted by atomic mass is 9.96. The number of hydrogen-bond acceptors (Lipinski definition) is 3. The fourth-order valence-electron chi connectivity index (χ4n) is 2.29. The number of nitrogens with zero attached hydrogens (tertiary/aromatic N) is 2. The number of rotatable bonds is 2. The maximum atomic E-state index is 12.2. The van der Waals surface area contributed by atoms with Crippen molar-refractivity contribution in [2.75, 3.05) is 18.4 Å². The Morgan fingerprint density at radius 3 is 2.38 bits per heavy atom. The van der Waals surface area contributed by atoms with Crippen molar-refractivity contribution in [1.82, 2.24) is 4.90 Å². The third-order valence-electron chi connectivity index (χ3n) is 3.43. The number of oxime groups is 1. The van der Waals surface area contributed by atoms with Crippen LogP contribution in [0.25, 0.3) is 0 Å². The number of benzene rings is 1. The van der Waals surface area contributed by atoms with E-state index in [1.165, 1.54) is 0 Å². The molecule has 8 heteroatoms. The Labute approximate surface area is 132 Å². The third-order valence-corrected chi connectivity index (χ3v) is 3.87. The van der Waals surface area contributed by atoms with Crippen molar-refractivity contribution in [2.24, 2.45) is 16.8 Å². The molecule has 1 aliphatic heterocycles. The van der Waals surface area contributed by atoms with Crippen LogP contribution in [0.1, 0.15) is 12.8 Å². The van der Waals surface area contributed by atoms with Gasteiger partial charge in [0.1, 0.15) is 5.84 Å². The van der Waals surface area contributed by atoms with Gasteiger partial charge in [0.2, 0.25) is 0 Å². The normalized spacial score (nSPS) is 16.9. The first-order chi connectivity index (χ1) is 9.99. The molecule has 0 saturated carbocycles. The molecule has 2 rings (SSSR count). The minimum Gasteiger partial charge on any atom is -0.409 e. The number of amidine groups is 1. The van der Waals surface area contributed by atoms with E-state index in [0.29, 0.717) is 41.7 Å². The molecule has 1 aliphatic rings. The van der Waals surface area contributed by atoms with Crippen molar-refractivity contribution in [3.8, 4) is 0 Å². The van der Waals surface area contributed by atoms with Gasteiger partial charge in [0.25, 0.3) is 0 Å². The van der Waals surface area contributed by atoms with E-state index >= 15 is 0 Å². The van der Waals surface area contributed by atoms with E-state index in [1.54, 1.807) is 23.1 Å². The van der Waals surface area contributed by atoms with Gasteiger partial charge in [0, 0.05) is 34.7 Å². The summed E-state index contributed by atoms with van der Waals surface area (Å²) in [5.41, 5.74) is 6.13. The van der Waals surface area contributed by atoms with Crippen molar-refractivity contribution in [2.45, 2.75) is 12.8 Å². The maximum absolute atomic E-state index is 12.2. The first kappa shape index (κ1) is 15.7. The number of halogens is 2. The molecule has 4 N–H and O–H groups in total. The highest BCUT2D eigenvalue weighted by Gasteiger charge is 2.25. The van der Waals surface area contributed by atoms with Gasteiger partial charge in [-0.3, -0.25) is 0 Å². The van der Waals surface area contributed by atoms with Crippen LogP contribution in [0.2, 0.25) is 10.0 Å². The van der Waals surface area contributed by atoms with Crippen molar-refractivity contribution in [1.29, 1.82) is 0 Å². The smallest absolute Gasteiger partial charge is 0.321 e. The summed E-state index contributed by atoms with van der Waals surface area (Å²) >= 11 is 11.8. The van der Waals surface area contributed by atoms with E-state index in [2.05, 4.69) is 10.5 Å². The fraction of sp³-hybridized carbons (Fsp3) is 0.385. The number of piperidine rings is 1. The van der Waals surface area contributed by atoms with E-state index < -0.39 is 0 Å². The van der Waals surface area contributed by atoms with Gasteiger partial charge in [0.05, 0.1) is 0 Å². The van der Waals surface area contributed by atoms with Gasteiger partial charge in [-0.1, -0.05) is 28.4 Å². The summed E-state index contributed by atoms with van der Waals surface area (Å²) in [5.74, 6) is 0.233. The topological polar surface area (TPSA) is 91.0 Å². The van der Waals surface area contributed by atoms with E-state index in [4.69, 9.17) is 34.1 Å². The summed E-state index contributed by atoms with van der Waals surface area (Å²) < 4.78 is 0. The number of hydrogen-bond donors (Lipinski definition) is 3. The highest BCUT2D eigenvalue weighted by atomic mass is 35.5. The number of carbonyl (C=O) groups is 1.